The van der Waals surface area contributed by atoms with Crippen molar-refractivity contribution in [3.8, 4) is 5.75 Å². The standard InChI is InChI=1S/C16H17BrClNO/c1-3-20-16-14(17)8-13(18)9-15(16)19-10-12-6-4-5-11(2)7-12/h4-9,19H,3,10H2,1-2H3. The van der Waals surface area contributed by atoms with Crippen molar-refractivity contribution in [2.24, 2.45) is 0 Å². The minimum Gasteiger partial charge on any atom is -0.491 e. The van der Waals surface area contributed by atoms with Gasteiger partial charge in [-0.1, -0.05) is 41.4 Å². The number of anilines is 1. The summed E-state index contributed by atoms with van der Waals surface area (Å²) >= 11 is 9.59. The van der Waals surface area contributed by atoms with Crippen LogP contribution in [0.15, 0.2) is 40.9 Å². The Kier molecular flexibility index (Phi) is 5.32. The van der Waals surface area contributed by atoms with Gasteiger partial charge in [-0.25, -0.2) is 0 Å². The molecule has 0 unspecified atom stereocenters. The van der Waals surface area contributed by atoms with Gasteiger partial charge in [0.15, 0.2) is 5.75 Å². The van der Waals surface area contributed by atoms with Crippen molar-refractivity contribution in [1.29, 1.82) is 0 Å². The van der Waals surface area contributed by atoms with E-state index in [1.54, 1.807) is 0 Å². The molecule has 2 rings (SSSR count). The zero-order valence-electron chi connectivity index (χ0n) is 11.5. The second-order valence-electron chi connectivity index (χ2n) is 4.54. The number of hydrogen-bond acceptors (Lipinski definition) is 2. The molecule has 1 N–H and O–H groups in total. The van der Waals surface area contributed by atoms with Crippen LogP contribution in [0.3, 0.4) is 0 Å². The fourth-order valence-corrected chi connectivity index (χ4v) is 2.93. The number of halogens is 2. The molecule has 0 radical (unpaired) electrons. The van der Waals surface area contributed by atoms with Crippen molar-refractivity contribution in [1.82, 2.24) is 0 Å². The van der Waals surface area contributed by atoms with Gasteiger partial charge in [-0.3, -0.25) is 0 Å². The van der Waals surface area contributed by atoms with Gasteiger partial charge in [-0.2, -0.15) is 0 Å². The van der Waals surface area contributed by atoms with E-state index in [1.165, 1.54) is 11.1 Å². The Hall–Kier alpha value is -1.19. The lowest BCUT2D eigenvalue weighted by Crippen LogP contribution is -2.03. The van der Waals surface area contributed by atoms with E-state index in [0.29, 0.717) is 11.6 Å². The summed E-state index contributed by atoms with van der Waals surface area (Å²) in [7, 11) is 0. The molecule has 20 heavy (non-hydrogen) atoms. The normalized spacial score (nSPS) is 10.4. The monoisotopic (exact) mass is 353 g/mol. The summed E-state index contributed by atoms with van der Waals surface area (Å²) in [6, 6.07) is 12.1. The quantitative estimate of drug-likeness (QED) is 0.774. The van der Waals surface area contributed by atoms with Crippen LogP contribution in [-0.4, -0.2) is 6.61 Å². The molecule has 0 amide bonds. The Morgan fingerprint density at radius 1 is 1.25 bits per heavy atom. The summed E-state index contributed by atoms with van der Waals surface area (Å²) in [6.45, 7) is 5.39. The summed E-state index contributed by atoms with van der Waals surface area (Å²) in [5.41, 5.74) is 3.37. The van der Waals surface area contributed by atoms with Gasteiger partial charge in [0.1, 0.15) is 0 Å². The summed E-state index contributed by atoms with van der Waals surface area (Å²) in [4.78, 5) is 0. The summed E-state index contributed by atoms with van der Waals surface area (Å²) < 4.78 is 6.53. The molecule has 2 aromatic carbocycles. The number of rotatable bonds is 5. The van der Waals surface area contributed by atoms with Crippen LogP contribution >= 0.6 is 27.5 Å². The van der Waals surface area contributed by atoms with Crippen molar-refractivity contribution in [2.75, 3.05) is 11.9 Å². The van der Waals surface area contributed by atoms with Gasteiger partial charge in [0, 0.05) is 11.6 Å². The Balaban J connectivity index is 2.20. The number of ether oxygens (including phenoxy) is 1. The van der Waals surface area contributed by atoms with Crippen molar-refractivity contribution in [2.45, 2.75) is 20.4 Å². The van der Waals surface area contributed by atoms with E-state index in [9.17, 15) is 0 Å². The van der Waals surface area contributed by atoms with Gasteiger partial charge in [0.2, 0.25) is 0 Å². The lowest BCUT2D eigenvalue weighted by atomic mass is 10.1. The largest absolute Gasteiger partial charge is 0.491 e. The van der Waals surface area contributed by atoms with Crippen LogP contribution in [0.1, 0.15) is 18.1 Å². The van der Waals surface area contributed by atoms with Crippen LogP contribution in [0.2, 0.25) is 5.02 Å². The lowest BCUT2D eigenvalue weighted by molar-refractivity contribution is 0.339. The predicted molar refractivity (Wildman–Crippen MR) is 88.8 cm³/mol. The van der Waals surface area contributed by atoms with E-state index in [2.05, 4.69) is 52.4 Å². The Bertz CT molecular complexity index is 601. The topological polar surface area (TPSA) is 21.3 Å². The van der Waals surface area contributed by atoms with Crippen molar-refractivity contribution >= 4 is 33.2 Å². The van der Waals surface area contributed by atoms with Crippen LogP contribution in [0.4, 0.5) is 5.69 Å². The molecule has 0 aromatic heterocycles. The summed E-state index contributed by atoms with van der Waals surface area (Å²) in [6.07, 6.45) is 0. The van der Waals surface area contributed by atoms with Crippen LogP contribution in [0.25, 0.3) is 0 Å². The van der Waals surface area contributed by atoms with Crippen molar-refractivity contribution in [3.63, 3.8) is 0 Å². The first-order chi connectivity index (χ1) is 9.60. The highest BCUT2D eigenvalue weighted by Gasteiger charge is 2.10. The maximum absolute atomic E-state index is 6.10. The number of nitrogens with one attached hydrogen (secondary N) is 1. The van der Waals surface area contributed by atoms with E-state index in [0.717, 1.165) is 22.5 Å². The first-order valence-electron chi connectivity index (χ1n) is 6.51. The van der Waals surface area contributed by atoms with E-state index in [-0.39, 0.29) is 0 Å². The molecule has 0 spiro atoms. The first kappa shape index (κ1) is 15.2. The lowest BCUT2D eigenvalue weighted by Gasteiger charge is -2.15. The highest BCUT2D eigenvalue weighted by molar-refractivity contribution is 9.10. The van der Waals surface area contributed by atoms with Crippen LogP contribution in [-0.2, 0) is 6.54 Å². The smallest absolute Gasteiger partial charge is 0.156 e. The maximum Gasteiger partial charge on any atom is 0.156 e. The third kappa shape index (κ3) is 3.90. The maximum atomic E-state index is 6.10. The van der Waals surface area contributed by atoms with Crippen LogP contribution in [0.5, 0.6) is 5.75 Å². The molecule has 0 bridgehead atoms. The molecule has 0 atom stereocenters. The molecule has 0 aliphatic rings. The van der Waals surface area contributed by atoms with Crippen LogP contribution < -0.4 is 10.1 Å². The highest BCUT2D eigenvalue weighted by Crippen LogP contribution is 2.36. The minimum absolute atomic E-state index is 0.610. The molecule has 2 aromatic rings. The van der Waals surface area contributed by atoms with E-state index < -0.39 is 0 Å². The fourth-order valence-electron chi connectivity index (χ4n) is 2.00. The average Bonchev–Trinajstić information content (AvgIpc) is 2.40. The zero-order chi connectivity index (χ0) is 14.5. The first-order valence-corrected chi connectivity index (χ1v) is 7.68. The number of benzene rings is 2. The Morgan fingerprint density at radius 2 is 2.05 bits per heavy atom. The second-order valence-corrected chi connectivity index (χ2v) is 5.83. The third-order valence-electron chi connectivity index (χ3n) is 2.86. The van der Waals surface area contributed by atoms with Gasteiger partial charge >= 0.3 is 0 Å². The number of hydrogen-bond donors (Lipinski definition) is 1. The predicted octanol–water partition coefficient (Wildman–Crippen LogP) is 5.42. The van der Waals surface area contributed by atoms with E-state index in [4.69, 9.17) is 16.3 Å². The molecule has 0 fully saturated rings. The molecule has 0 heterocycles. The summed E-state index contributed by atoms with van der Waals surface area (Å²) in [5, 5.41) is 4.06. The molecule has 2 nitrogen and oxygen atoms in total. The van der Waals surface area contributed by atoms with Gasteiger partial charge < -0.3 is 10.1 Å². The third-order valence-corrected chi connectivity index (χ3v) is 3.67. The SMILES string of the molecule is CCOc1c(Br)cc(Cl)cc1NCc1cccc(C)c1. The van der Waals surface area contributed by atoms with Crippen molar-refractivity contribution in [3.05, 3.63) is 57.0 Å². The van der Waals surface area contributed by atoms with Crippen molar-refractivity contribution < 1.29 is 4.74 Å². The fraction of sp³-hybridized carbons (Fsp3) is 0.250. The minimum atomic E-state index is 0.610. The molecular weight excluding hydrogens is 338 g/mol. The van der Waals surface area contributed by atoms with Crippen LogP contribution in [0, 0.1) is 6.92 Å². The average molecular weight is 355 g/mol. The molecule has 4 heteroatoms. The molecule has 106 valence electrons. The highest BCUT2D eigenvalue weighted by atomic mass is 79.9. The number of aryl methyl sites for hydroxylation is 1. The van der Waals surface area contributed by atoms with E-state index in [1.807, 2.05) is 19.1 Å². The second kappa shape index (κ2) is 7.00. The van der Waals surface area contributed by atoms with Gasteiger partial charge in [0.25, 0.3) is 0 Å². The molecule has 0 saturated heterocycles. The van der Waals surface area contributed by atoms with Gasteiger partial charge in [-0.15, -0.1) is 0 Å². The summed E-state index contributed by atoms with van der Waals surface area (Å²) in [5.74, 6) is 0.796. The van der Waals surface area contributed by atoms with Gasteiger partial charge in [0.05, 0.1) is 16.8 Å². The zero-order valence-corrected chi connectivity index (χ0v) is 13.9. The molecule has 0 saturated carbocycles. The Labute approximate surface area is 133 Å². The van der Waals surface area contributed by atoms with Gasteiger partial charge in [-0.05, 0) is 47.5 Å². The van der Waals surface area contributed by atoms with E-state index >= 15 is 0 Å². The Morgan fingerprint density at radius 3 is 2.75 bits per heavy atom. The molecule has 0 aliphatic heterocycles. The molecule has 0 aliphatic carbocycles. The molecular formula is C16H17BrClNO.